The maximum absolute atomic E-state index is 15.5. The van der Waals surface area contributed by atoms with Crippen molar-refractivity contribution in [3.63, 3.8) is 0 Å². The Morgan fingerprint density at radius 2 is 1.91 bits per heavy atom. The van der Waals surface area contributed by atoms with Crippen LogP contribution in [0.4, 0.5) is 10.1 Å². The number of hydrogen-bond acceptors (Lipinski definition) is 7. The Balaban J connectivity index is 1.37. The van der Waals surface area contributed by atoms with Crippen molar-refractivity contribution in [3.05, 3.63) is 96.5 Å². The van der Waals surface area contributed by atoms with Gasteiger partial charge in [0.1, 0.15) is 11.4 Å². The average molecular weight is 620 g/mol. The van der Waals surface area contributed by atoms with Gasteiger partial charge in [0.25, 0.3) is 11.5 Å². The van der Waals surface area contributed by atoms with E-state index in [1.54, 1.807) is 38.3 Å². The van der Waals surface area contributed by atoms with Crippen LogP contribution >= 0.6 is 11.6 Å². The second kappa shape index (κ2) is 11.3. The number of amides is 1. The molecule has 2 aromatic carbocycles. The van der Waals surface area contributed by atoms with Crippen molar-refractivity contribution in [2.75, 3.05) is 25.5 Å². The number of aliphatic hydroxyl groups excluding tert-OH is 1. The van der Waals surface area contributed by atoms with Crippen LogP contribution in [-0.2, 0) is 20.5 Å². The number of benzene rings is 2. The quantitative estimate of drug-likeness (QED) is 0.337. The molecule has 0 radical (unpaired) electrons. The minimum absolute atomic E-state index is 0.116. The van der Waals surface area contributed by atoms with Gasteiger partial charge in [0.15, 0.2) is 0 Å². The van der Waals surface area contributed by atoms with Crippen LogP contribution in [-0.4, -0.2) is 56.3 Å². The summed E-state index contributed by atoms with van der Waals surface area (Å²) >= 11 is 6.93. The highest BCUT2D eigenvalue weighted by Crippen LogP contribution is 2.46. The van der Waals surface area contributed by atoms with Crippen molar-refractivity contribution in [1.82, 2.24) is 19.0 Å². The van der Waals surface area contributed by atoms with Crippen LogP contribution < -0.4 is 21.3 Å². The van der Waals surface area contributed by atoms with Gasteiger partial charge in [-0.05, 0) is 60.7 Å². The molecular weight excluding hydrogens is 589 g/mol. The summed E-state index contributed by atoms with van der Waals surface area (Å²) in [7, 11) is 4.31. The van der Waals surface area contributed by atoms with E-state index in [1.165, 1.54) is 26.4 Å². The van der Waals surface area contributed by atoms with E-state index >= 15 is 4.39 Å². The number of aliphatic hydroxyl groups is 1. The minimum Gasteiger partial charge on any atom is -0.481 e. The Hall–Kier alpha value is -4.32. The lowest BCUT2D eigenvalue weighted by molar-refractivity contribution is -0.0256. The molecule has 4 aromatic rings. The molecule has 228 valence electrons. The highest BCUT2D eigenvalue weighted by atomic mass is 35.5. The lowest BCUT2D eigenvalue weighted by Crippen LogP contribution is -2.51. The fourth-order valence-corrected chi connectivity index (χ4v) is 6.53. The monoisotopic (exact) mass is 619 g/mol. The predicted molar refractivity (Wildman–Crippen MR) is 165 cm³/mol. The van der Waals surface area contributed by atoms with Crippen molar-refractivity contribution < 1.29 is 19.0 Å². The number of halogens is 2. The molecule has 1 aliphatic heterocycles. The number of carbonyl (C=O) groups excluding carboxylic acids is 1. The molecule has 0 bridgehead atoms. The topological polar surface area (TPSA) is 119 Å². The Kier molecular flexibility index (Phi) is 7.64. The van der Waals surface area contributed by atoms with Crippen molar-refractivity contribution >= 4 is 23.2 Å². The molecule has 1 fully saturated rings. The van der Waals surface area contributed by atoms with Crippen LogP contribution in [0.5, 0.6) is 5.88 Å². The van der Waals surface area contributed by atoms with E-state index in [0.717, 1.165) is 33.1 Å². The van der Waals surface area contributed by atoms with Crippen molar-refractivity contribution in [2.45, 2.75) is 31.9 Å². The molecule has 0 unspecified atom stereocenters. The van der Waals surface area contributed by atoms with Gasteiger partial charge in [0.05, 0.1) is 23.9 Å². The molecule has 1 amide bonds. The standard InChI is InChI=1S/C32H31ClFN5O5/c1-16-19(6-5-7-23(16)35-29(41)21-15-37(2)32(43)38(3)31(21)42)27-22(34)10-9-20(28(27)33)24-12-17-8-11-25(39-13-18(40)14-39)26(17)30(36-24)44-4/h5-7,9-10,12,15,18,25,40H,8,11,13-14H2,1-4H3,(H,35,41)/t25-/m1/s1. The molecule has 6 rings (SSSR count). The number of carbonyl (C=O) groups is 1. The van der Waals surface area contributed by atoms with E-state index in [4.69, 9.17) is 21.3 Å². The maximum Gasteiger partial charge on any atom is 0.330 e. The van der Waals surface area contributed by atoms with Gasteiger partial charge >= 0.3 is 5.69 Å². The van der Waals surface area contributed by atoms with Crippen LogP contribution in [0.2, 0.25) is 5.02 Å². The predicted octanol–water partition coefficient (Wildman–Crippen LogP) is 3.84. The number of aryl methyl sites for hydroxylation is 2. The van der Waals surface area contributed by atoms with E-state index < -0.39 is 23.0 Å². The summed E-state index contributed by atoms with van der Waals surface area (Å²) in [5, 5.41) is 12.7. The van der Waals surface area contributed by atoms with Crippen molar-refractivity contribution in [1.29, 1.82) is 0 Å². The molecule has 0 spiro atoms. The zero-order valence-electron chi connectivity index (χ0n) is 24.6. The molecule has 0 saturated carbocycles. The molecule has 2 aromatic heterocycles. The van der Waals surface area contributed by atoms with E-state index in [9.17, 15) is 19.5 Å². The number of aromatic nitrogens is 3. The van der Waals surface area contributed by atoms with Crippen LogP contribution in [0.25, 0.3) is 22.4 Å². The zero-order chi connectivity index (χ0) is 31.4. The van der Waals surface area contributed by atoms with Crippen molar-refractivity contribution in [2.24, 2.45) is 14.1 Å². The summed E-state index contributed by atoms with van der Waals surface area (Å²) in [5.74, 6) is -0.780. The van der Waals surface area contributed by atoms with Gasteiger partial charge in [0, 0.05) is 61.8 Å². The number of likely N-dealkylation sites (tertiary alicyclic amines) is 1. The second-order valence-electron chi connectivity index (χ2n) is 11.3. The molecule has 10 nitrogen and oxygen atoms in total. The number of fused-ring (bicyclic) bond motifs is 1. The molecule has 3 heterocycles. The normalized spacial score (nSPS) is 16.5. The first-order valence-electron chi connectivity index (χ1n) is 14.2. The van der Waals surface area contributed by atoms with E-state index in [1.807, 2.05) is 6.07 Å². The van der Waals surface area contributed by atoms with E-state index in [2.05, 4.69) is 10.2 Å². The highest BCUT2D eigenvalue weighted by Gasteiger charge is 2.38. The van der Waals surface area contributed by atoms with Crippen LogP contribution in [0, 0.1) is 12.7 Å². The third-order valence-corrected chi connectivity index (χ3v) is 8.96. The van der Waals surface area contributed by atoms with Gasteiger partial charge in [-0.2, -0.15) is 0 Å². The number of anilines is 1. The first-order valence-corrected chi connectivity index (χ1v) is 14.5. The Labute approximate surface area is 257 Å². The molecule has 1 atom stereocenters. The third-order valence-electron chi connectivity index (χ3n) is 8.56. The first-order chi connectivity index (χ1) is 21.0. The Morgan fingerprint density at radius 1 is 1.16 bits per heavy atom. The lowest BCUT2D eigenvalue weighted by atomic mass is 9.95. The van der Waals surface area contributed by atoms with Crippen molar-refractivity contribution in [3.8, 4) is 28.3 Å². The molecule has 12 heteroatoms. The Bertz CT molecular complexity index is 1950. The first kappa shape index (κ1) is 29.7. The van der Waals surface area contributed by atoms with Gasteiger partial charge in [-0.15, -0.1) is 0 Å². The summed E-state index contributed by atoms with van der Waals surface area (Å²) in [6.07, 6.45) is 2.57. The smallest absolute Gasteiger partial charge is 0.330 e. The minimum atomic E-state index is -0.729. The van der Waals surface area contributed by atoms with Crippen LogP contribution in [0.3, 0.4) is 0 Å². The average Bonchev–Trinajstić information content (AvgIpc) is 3.41. The number of nitrogens with zero attached hydrogens (tertiary/aromatic N) is 4. The number of β-amino-alcohol motifs (C(OH)–C–C–N with tert-alkyl or cyclic N) is 1. The van der Waals surface area contributed by atoms with Crippen LogP contribution in [0.15, 0.2) is 52.2 Å². The molecule has 1 aliphatic carbocycles. The fraction of sp³-hybridized carbons (Fsp3) is 0.312. The molecular formula is C32H31ClFN5O5. The summed E-state index contributed by atoms with van der Waals surface area (Å²) in [6, 6.07) is 10.00. The maximum atomic E-state index is 15.5. The van der Waals surface area contributed by atoms with Gasteiger partial charge in [-0.1, -0.05) is 23.7 Å². The fourth-order valence-electron chi connectivity index (χ4n) is 6.18. The Morgan fingerprint density at radius 3 is 2.61 bits per heavy atom. The summed E-state index contributed by atoms with van der Waals surface area (Å²) in [4.78, 5) is 44.8. The lowest BCUT2D eigenvalue weighted by Gasteiger charge is -2.40. The summed E-state index contributed by atoms with van der Waals surface area (Å²) in [6.45, 7) is 2.95. The number of nitrogens with one attached hydrogen (secondary N) is 1. The van der Waals surface area contributed by atoms with Gasteiger partial charge in [-0.3, -0.25) is 19.1 Å². The van der Waals surface area contributed by atoms with Gasteiger partial charge in [-0.25, -0.2) is 14.2 Å². The number of hydrogen-bond donors (Lipinski definition) is 2. The molecule has 2 aliphatic rings. The molecule has 1 saturated heterocycles. The van der Waals surface area contributed by atoms with Gasteiger partial charge in [0.2, 0.25) is 5.88 Å². The van der Waals surface area contributed by atoms with Crippen LogP contribution in [0.1, 0.15) is 39.5 Å². The number of pyridine rings is 1. The SMILES string of the molecule is COc1nc(-c2ccc(F)c(-c3cccc(NC(=O)c4cn(C)c(=O)n(C)c4=O)c3C)c2Cl)cc2c1[C@H](N1CC(O)C1)CC2. The number of methoxy groups -OCH3 is 1. The summed E-state index contributed by atoms with van der Waals surface area (Å²) < 4.78 is 23.2. The largest absolute Gasteiger partial charge is 0.481 e. The molecule has 2 N–H and O–H groups in total. The zero-order valence-corrected chi connectivity index (χ0v) is 25.4. The van der Waals surface area contributed by atoms with Gasteiger partial charge < -0.3 is 19.7 Å². The molecule has 44 heavy (non-hydrogen) atoms. The highest BCUT2D eigenvalue weighted by molar-refractivity contribution is 6.36. The summed E-state index contributed by atoms with van der Waals surface area (Å²) in [5.41, 5.74) is 3.12. The number of ether oxygens (including phenoxy) is 1. The second-order valence-corrected chi connectivity index (χ2v) is 11.6. The number of rotatable bonds is 6. The third kappa shape index (κ3) is 4.90. The van der Waals surface area contributed by atoms with E-state index in [0.29, 0.717) is 47.0 Å². The van der Waals surface area contributed by atoms with E-state index in [-0.39, 0.29) is 28.3 Å².